The Morgan fingerprint density at radius 3 is 1.89 bits per heavy atom. The highest BCUT2D eigenvalue weighted by atomic mass is 16.6. The maximum atomic E-state index is 14.5. The lowest BCUT2D eigenvalue weighted by atomic mass is 9.72. The standard InChI is InChI=1S/C27H28N2O9/c1-5-37-24(33)27(25(34)38-6-2)20(22(31)36-4)19(21(30)35-3)26(28-27)17-14-10-11-15-18(17)29(23(26)32)16-12-8-7-9-13-16/h7-15,19-20,28H,5-6H2,1-4H3/t19-,20+,26+/m0/s1. The van der Waals surface area contributed by atoms with E-state index in [4.69, 9.17) is 18.9 Å². The Kier molecular flexibility index (Phi) is 7.23. The Hall–Kier alpha value is -4.25. The second-order valence-corrected chi connectivity index (χ2v) is 8.68. The molecule has 1 N–H and O–H groups in total. The fraction of sp³-hybridized carbons (Fsp3) is 0.370. The molecule has 2 heterocycles. The van der Waals surface area contributed by atoms with E-state index in [1.807, 2.05) is 0 Å². The quantitative estimate of drug-likeness (QED) is 0.323. The first-order valence-corrected chi connectivity index (χ1v) is 12.0. The van der Waals surface area contributed by atoms with Crippen LogP contribution >= 0.6 is 0 Å². The van der Waals surface area contributed by atoms with Gasteiger partial charge in [0.15, 0.2) is 0 Å². The summed E-state index contributed by atoms with van der Waals surface area (Å²) >= 11 is 0. The molecule has 38 heavy (non-hydrogen) atoms. The Morgan fingerprint density at radius 2 is 1.34 bits per heavy atom. The minimum Gasteiger partial charge on any atom is -0.469 e. The molecule has 2 aliphatic rings. The first kappa shape index (κ1) is 26.8. The normalized spacial score (nSPS) is 23.1. The Labute approximate surface area is 219 Å². The molecule has 4 rings (SSSR count). The van der Waals surface area contributed by atoms with E-state index in [1.165, 1.54) is 18.7 Å². The molecule has 1 amide bonds. The van der Waals surface area contributed by atoms with Crippen LogP contribution in [-0.4, -0.2) is 62.8 Å². The second kappa shape index (κ2) is 10.3. The average molecular weight is 525 g/mol. The van der Waals surface area contributed by atoms with Crippen molar-refractivity contribution in [2.24, 2.45) is 11.8 Å². The summed E-state index contributed by atoms with van der Waals surface area (Å²) in [7, 11) is 2.13. The van der Waals surface area contributed by atoms with Crippen molar-refractivity contribution >= 4 is 41.2 Å². The molecule has 2 aromatic carbocycles. The molecule has 2 aliphatic heterocycles. The van der Waals surface area contributed by atoms with Crippen molar-refractivity contribution in [3.8, 4) is 0 Å². The molecular weight excluding hydrogens is 496 g/mol. The number of esters is 4. The van der Waals surface area contributed by atoms with Crippen LogP contribution in [-0.2, 0) is 48.5 Å². The molecule has 0 aliphatic carbocycles. The summed E-state index contributed by atoms with van der Waals surface area (Å²) in [6, 6.07) is 15.2. The van der Waals surface area contributed by atoms with Crippen molar-refractivity contribution in [1.29, 1.82) is 0 Å². The van der Waals surface area contributed by atoms with Crippen LogP contribution in [0.1, 0.15) is 19.4 Å². The molecule has 0 radical (unpaired) electrons. The summed E-state index contributed by atoms with van der Waals surface area (Å²) < 4.78 is 20.5. The van der Waals surface area contributed by atoms with Gasteiger partial charge >= 0.3 is 23.9 Å². The van der Waals surface area contributed by atoms with Gasteiger partial charge in [0.2, 0.25) is 5.54 Å². The van der Waals surface area contributed by atoms with Gasteiger partial charge in [0.05, 0.1) is 33.1 Å². The van der Waals surface area contributed by atoms with Crippen LogP contribution in [0.2, 0.25) is 0 Å². The molecule has 0 saturated carbocycles. The zero-order valence-corrected chi connectivity index (χ0v) is 21.4. The van der Waals surface area contributed by atoms with Crippen molar-refractivity contribution in [1.82, 2.24) is 5.32 Å². The molecule has 0 unspecified atom stereocenters. The highest BCUT2D eigenvalue weighted by Gasteiger charge is 2.79. The van der Waals surface area contributed by atoms with Gasteiger partial charge in [0, 0.05) is 11.3 Å². The number of rotatable bonds is 7. The highest BCUT2D eigenvalue weighted by molar-refractivity contribution is 6.19. The van der Waals surface area contributed by atoms with Crippen LogP contribution in [0.4, 0.5) is 11.4 Å². The van der Waals surface area contributed by atoms with Gasteiger partial charge in [-0.3, -0.25) is 24.6 Å². The van der Waals surface area contributed by atoms with Crippen molar-refractivity contribution in [2.75, 3.05) is 32.3 Å². The lowest BCUT2D eigenvalue weighted by Gasteiger charge is -2.31. The van der Waals surface area contributed by atoms with Crippen LogP contribution in [0.25, 0.3) is 0 Å². The summed E-state index contributed by atoms with van der Waals surface area (Å²) in [6.45, 7) is 2.71. The molecule has 11 nitrogen and oxygen atoms in total. The predicted molar refractivity (Wildman–Crippen MR) is 132 cm³/mol. The average Bonchev–Trinajstić information content (AvgIpc) is 3.39. The van der Waals surface area contributed by atoms with E-state index >= 15 is 0 Å². The van der Waals surface area contributed by atoms with Gasteiger partial charge in [-0.25, -0.2) is 9.59 Å². The minimum atomic E-state index is -2.60. The first-order chi connectivity index (χ1) is 18.3. The molecule has 3 atom stereocenters. The lowest BCUT2D eigenvalue weighted by Crippen LogP contribution is -2.65. The fourth-order valence-corrected chi connectivity index (χ4v) is 5.43. The van der Waals surface area contributed by atoms with E-state index in [-0.39, 0.29) is 18.8 Å². The van der Waals surface area contributed by atoms with Crippen molar-refractivity contribution < 1.29 is 42.9 Å². The van der Waals surface area contributed by atoms with E-state index < -0.39 is 52.7 Å². The number of hydrogen-bond donors (Lipinski definition) is 1. The van der Waals surface area contributed by atoms with E-state index in [0.717, 1.165) is 14.2 Å². The smallest absolute Gasteiger partial charge is 0.339 e. The van der Waals surface area contributed by atoms with Crippen molar-refractivity contribution in [2.45, 2.75) is 24.9 Å². The highest BCUT2D eigenvalue weighted by Crippen LogP contribution is 2.57. The van der Waals surface area contributed by atoms with Crippen LogP contribution in [0.5, 0.6) is 0 Å². The Balaban J connectivity index is 2.09. The summed E-state index contributed by atoms with van der Waals surface area (Å²) in [6.07, 6.45) is 0. The number of ether oxygens (including phenoxy) is 4. The fourth-order valence-electron chi connectivity index (χ4n) is 5.43. The topological polar surface area (TPSA) is 138 Å². The molecule has 0 bridgehead atoms. The van der Waals surface area contributed by atoms with E-state index in [0.29, 0.717) is 11.4 Å². The first-order valence-electron chi connectivity index (χ1n) is 12.0. The van der Waals surface area contributed by atoms with Gasteiger partial charge in [-0.15, -0.1) is 0 Å². The van der Waals surface area contributed by atoms with Crippen LogP contribution in [0.3, 0.4) is 0 Å². The molecule has 0 aromatic heterocycles. The Morgan fingerprint density at radius 1 is 0.816 bits per heavy atom. The van der Waals surface area contributed by atoms with Gasteiger partial charge in [-0.05, 0) is 32.0 Å². The Bertz CT molecular complexity index is 1260. The number of methoxy groups -OCH3 is 2. The molecule has 2 aromatic rings. The lowest BCUT2D eigenvalue weighted by molar-refractivity contribution is -0.175. The van der Waals surface area contributed by atoms with Gasteiger partial charge < -0.3 is 18.9 Å². The monoisotopic (exact) mass is 524 g/mol. The third-order valence-electron chi connectivity index (χ3n) is 6.89. The number of anilines is 2. The SMILES string of the molecule is CCOC(=O)C1(C(=O)OCC)N[C@@]2(C(=O)N(c3ccccc3)c3ccccc32)[C@H](C(=O)OC)[C@@H]1C(=O)OC. The van der Waals surface area contributed by atoms with Crippen LogP contribution < -0.4 is 10.2 Å². The van der Waals surface area contributed by atoms with Crippen LogP contribution in [0.15, 0.2) is 54.6 Å². The zero-order chi connectivity index (χ0) is 27.7. The number of benzene rings is 2. The third kappa shape index (κ3) is 3.65. The number of nitrogens with one attached hydrogen (secondary N) is 1. The number of para-hydroxylation sites is 2. The number of carbonyl (C=O) groups excluding carboxylic acids is 5. The summed E-state index contributed by atoms with van der Waals surface area (Å²) in [4.78, 5) is 70.0. The number of carbonyl (C=O) groups is 5. The van der Waals surface area contributed by atoms with Gasteiger partial charge in [-0.1, -0.05) is 36.4 Å². The van der Waals surface area contributed by atoms with Crippen molar-refractivity contribution in [3.63, 3.8) is 0 Å². The second-order valence-electron chi connectivity index (χ2n) is 8.68. The largest absolute Gasteiger partial charge is 0.469 e. The minimum absolute atomic E-state index is 0.161. The number of hydrogen-bond acceptors (Lipinski definition) is 10. The molecule has 200 valence electrons. The third-order valence-corrected chi connectivity index (χ3v) is 6.89. The summed E-state index contributed by atoms with van der Waals surface area (Å²) in [5, 5.41) is 2.84. The van der Waals surface area contributed by atoms with E-state index in [1.54, 1.807) is 54.6 Å². The number of nitrogens with zero attached hydrogens (tertiary/aromatic N) is 1. The van der Waals surface area contributed by atoms with Crippen LogP contribution in [0, 0.1) is 11.8 Å². The predicted octanol–water partition coefficient (Wildman–Crippen LogP) is 1.61. The van der Waals surface area contributed by atoms with E-state index in [2.05, 4.69) is 5.32 Å². The zero-order valence-electron chi connectivity index (χ0n) is 21.4. The van der Waals surface area contributed by atoms with Gasteiger partial charge in [-0.2, -0.15) is 0 Å². The number of amides is 1. The summed E-state index contributed by atoms with van der Waals surface area (Å²) in [5.41, 5.74) is -3.59. The van der Waals surface area contributed by atoms with Gasteiger partial charge in [0.25, 0.3) is 5.91 Å². The molecule has 11 heteroatoms. The maximum absolute atomic E-state index is 14.5. The summed E-state index contributed by atoms with van der Waals surface area (Å²) in [5.74, 6) is -8.78. The molecule has 1 spiro atoms. The molecular formula is C27H28N2O9. The molecule has 1 fully saturated rings. The number of fused-ring (bicyclic) bond motifs is 2. The van der Waals surface area contributed by atoms with Crippen molar-refractivity contribution in [3.05, 3.63) is 60.2 Å². The van der Waals surface area contributed by atoms with E-state index in [9.17, 15) is 24.0 Å². The molecule has 1 saturated heterocycles. The maximum Gasteiger partial charge on any atom is 0.339 e. The van der Waals surface area contributed by atoms with Gasteiger partial charge in [0.1, 0.15) is 17.4 Å².